The number of nitrogens with one attached hydrogen (secondary N) is 3. The molecule has 6 rings (SSSR count). The molecule has 3 N–H and O–H groups in total. The summed E-state index contributed by atoms with van der Waals surface area (Å²) in [5.74, 6) is -0.277. The summed E-state index contributed by atoms with van der Waals surface area (Å²) in [4.78, 5) is 7.80. The zero-order valence-corrected chi connectivity index (χ0v) is 22.8. The fourth-order valence-corrected chi connectivity index (χ4v) is 5.13. The molecule has 0 unspecified atom stereocenters. The van der Waals surface area contributed by atoms with Gasteiger partial charge in [-0.25, -0.2) is 4.39 Å². The third-order valence-electron chi connectivity index (χ3n) is 7.28. The number of aromatic amines is 2. The van der Waals surface area contributed by atoms with E-state index in [4.69, 9.17) is 0 Å². The molecule has 3 heterocycles. The van der Waals surface area contributed by atoms with Gasteiger partial charge in [-0.1, -0.05) is 79.4 Å². The van der Waals surface area contributed by atoms with Gasteiger partial charge < -0.3 is 10.3 Å². The van der Waals surface area contributed by atoms with E-state index >= 15 is 0 Å². The predicted octanol–water partition coefficient (Wildman–Crippen LogP) is 8.22. The van der Waals surface area contributed by atoms with Gasteiger partial charge in [-0.15, -0.1) is 0 Å². The van der Waals surface area contributed by atoms with E-state index in [1.165, 1.54) is 11.6 Å². The van der Waals surface area contributed by atoms with Crippen LogP contribution >= 0.6 is 0 Å². The third kappa shape index (κ3) is 5.38. The fourth-order valence-electron chi connectivity index (χ4n) is 5.13. The molecule has 5 nitrogen and oxygen atoms in total. The summed E-state index contributed by atoms with van der Waals surface area (Å²) in [6, 6.07) is 25.4. The lowest BCUT2D eigenvalue weighted by Crippen LogP contribution is -2.15. The van der Waals surface area contributed by atoms with Gasteiger partial charge in [-0.2, -0.15) is 5.10 Å². The van der Waals surface area contributed by atoms with E-state index in [1.807, 2.05) is 43.3 Å². The monoisotopic (exact) mass is 539 g/mol. The Hall–Kier alpha value is -5.07. The highest BCUT2D eigenvalue weighted by molar-refractivity contribution is 6.01. The Bertz CT molecular complexity index is 1910. The molecule has 202 valence electrons. The van der Waals surface area contributed by atoms with E-state index in [0.29, 0.717) is 12.1 Å². The molecule has 3 aromatic carbocycles. The van der Waals surface area contributed by atoms with Crippen LogP contribution in [-0.4, -0.2) is 26.7 Å². The Morgan fingerprint density at radius 3 is 2.56 bits per heavy atom. The molecule has 0 saturated heterocycles. The van der Waals surface area contributed by atoms with Gasteiger partial charge in [-0.3, -0.25) is 10.1 Å². The number of fused-ring (bicyclic) bond motifs is 2. The first kappa shape index (κ1) is 26.2. The molecule has 0 atom stereocenters. The molecule has 0 saturated carbocycles. The van der Waals surface area contributed by atoms with Crippen molar-refractivity contribution in [2.75, 3.05) is 6.54 Å². The lowest BCUT2D eigenvalue weighted by atomic mass is 9.99. The number of hydrogen-bond acceptors (Lipinski definition) is 3. The minimum atomic E-state index is -0.277. The normalized spacial score (nSPS) is 12.3. The second kappa shape index (κ2) is 11.6. The van der Waals surface area contributed by atoms with Crippen molar-refractivity contribution in [2.45, 2.75) is 13.5 Å². The molecular weight excluding hydrogens is 509 g/mol. The van der Waals surface area contributed by atoms with Crippen molar-refractivity contribution < 1.29 is 4.39 Å². The van der Waals surface area contributed by atoms with Gasteiger partial charge in [0.05, 0.1) is 22.9 Å². The molecule has 0 bridgehead atoms. The van der Waals surface area contributed by atoms with Crippen LogP contribution in [0.25, 0.3) is 49.9 Å². The van der Waals surface area contributed by atoms with E-state index in [0.717, 1.165) is 62.0 Å². The van der Waals surface area contributed by atoms with Crippen molar-refractivity contribution in [3.05, 3.63) is 139 Å². The lowest BCUT2D eigenvalue weighted by Gasteiger charge is -2.09. The maximum atomic E-state index is 14.6. The summed E-state index contributed by atoms with van der Waals surface area (Å²) in [7, 11) is 0. The second-order valence-corrected chi connectivity index (χ2v) is 9.90. The molecule has 0 aliphatic carbocycles. The molecule has 0 spiro atoms. The molecular formula is C35H30FN5. The van der Waals surface area contributed by atoms with Crippen LogP contribution in [0.4, 0.5) is 4.39 Å². The van der Waals surface area contributed by atoms with Crippen molar-refractivity contribution in [3.63, 3.8) is 0 Å². The molecule has 0 aliphatic heterocycles. The predicted molar refractivity (Wildman–Crippen MR) is 167 cm³/mol. The van der Waals surface area contributed by atoms with E-state index in [1.54, 1.807) is 24.5 Å². The van der Waals surface area contributed by atoms with Gasteiger partial charge in [0.25, 0.3) is 0 Å². The molecule has 3 aromatic heterocycles. The first-order valence-corrected chi connectivity index (χ1v) is 13.6. The summed E-state index contributed by atoms with van der Waals surface area (Å²) in [5, 5.41) is 13.2. The number of pyridine rings is 1. The largest absolute Gasteiger partial charge is 0.352 e. The van der Waals surface area contributed by atoms with Gasteiger partial charge in [0.1, 0.15) is 11.5 Å². The maximum absolute atomic E-state index is 14.6. The number of aromatic nitrogens is 4. The summed E-state index contributed by atoms with van der Waals surface area (Å²) < 4.78 is 14.6. The number of allylic oxidation sites excluding steroid dienone is 3. The number of rotatable bonds is 9. The Labute approximate surface area is 238 Å². The van der Waals surface area contributed by atoms with E-state index in [2.05, 4.69) is 74.5 Å². The Morgan fingerprint density at radius 2 is 1.76 bits per heavy atom. The zero-order chi connectivity index (χ0) is 28.2. The number of H-pyrrole nitrogens is 2. The average molecular weight is 540 g/mol. The summed E-state index contributed by atoms with van der Waals surface area (Å²) >= 11 is 0. The highest BCUT2D eigenvalue weighted by atomic mass is 19.1. The van der Waals surface area contributed by atoms with E-state index in [9.17, 15) is 4.39 Å². The average Bonchev–Trinajstić information content (AvgIpc) is 3.63. The number of benzene rings is 3. The molecule has 0 amide bonds. The number of hydrogen-bond donors (Lipinski definition) is 3. The topological polar surface area (TPSA) is 69.4 Å². The van der Waals surface area contributed by atoms with Crippen LogP contribution in [0.5, 0.6) is 0 Å². The van der Waals surface area contributed by atoms with Gasteiger partial charge in [0.2, 0.25) is 0 Å². The smallest absolute Gasteiger partial charge is 0.131 e. The van der Waals surface area contributed by atoms with Crippen LogP contribution in [-0.2, 0) is 6.54 Å². The minimum Gasteiger partial charge on any atom is -0.352 e. The van der Waals surface area contributed by atoms with E-state index < -0.39 is 0 Å². The Morgan fingerprint density at radius 1 is 0.927 bits per heavy atom. The van der Waals surface area contributed by atoms with Crippen molar-refractivity contribution in [2.24, 2.45) is 0 Å². The quantitative estimate of drug-likeness (QED) is 0.162. The third-order valence-corrected chi connectivity index (χ3v) is 7.28. The Balaban J connectivity index is 1.31. The molecule has 0 aliphatic rings. The fraction of sp³-hybridized carbons (Fsp3) is 0.0857. The van der Waals surface area contributed by atoms with Gasteiger partial charge >= 0.3 is 0 Å². The first-order chi connectivity index (χ1) is 20.1. The van der Waals surface area contributed by atoms with Gasteiger partial charge in [-0.05, 0) is 53.5 Å². The molecule has 6 heteroatoms. The van der Waals surface area contributed by atoms with Crippen LogP contribution in [0.1, 0.15) is 18.1 Å². The van der Waals surface area contributed by atoms with Gasteiger partial charge in [0.15, 0.2) is 0 Å². The maximum Gasteiger partial charge on any atom is 0.131 e. The second-order valence-electron chi connectivity index (χ2n) is 9.90. The Kier molecular flexibility index (Phi) is 7.39. The SMILES string of the molecule is C=C/C(=C\C(=C/C)c1ccc2[nH]nc(-c3cc4c(-c5ccccc5F)cncc4[nH]3)c2c1)CNCc1ccccc1. The van der Waals surface area contributed by atoms with Gasteiger partial charge in [0, 0.05) is 41.2 Å². The summed E-state index contributed by atoms with van der Waals surface area (Å²) in [6.07, 6.45) is 9.64. The highest BCUT2D eigenvalue weighted by Gasteiger charge is 2.16. The lowest BCUT2D eigenvalue weighted by molar-refractivity contribution is 0.631. The molecule has 0 radical (unpaired) electrons. The molecule has 6 aromatic rings. The van der Waals surface area contributed by atoms with Crippen LogP contribution in [0, 0.1) is 5.82 Å². The van der Waals surface area contributed by atoms with Crippen molar-refractivity contribution in [3.8, 4) is 22.5 Å². The molecule has 41 heavy (non-hydrogen) atoms. The number of nitrogens with zero attached hydrogens (tertiary/aromatic N) is 2. The van der Waals surface area contributed by atoms with E-state index in [-0.39, 0.29) is 5.82 Å². The van der Waals surface area contributed by atoms with Crippen LogP contribution in [0.15, 0.2) is 122 Å². The highest BCUT2D eigenvalue weighted by Crippen LogP contribution is 2.35. The number of halogens is 1. The molecule has 0 fully saturated rings. The van der Waals surface area contributed by atoms with Crippen LogP contribution in [0.2, 0.25) is 0 Å². The van der Waals surface area contributed by atoms with Crippen molar-refractivity contribution in [1.82, 2.24) is 25.5 Å². The summed E-state index contributed by atoms with van der Waals surface area (Å²) in [6.45, 7) is 7.58. The minimum absolute atomic E-state index is 0.277. The van der Waals surface area contributed by atoms with Crippen molar-refractivity contribution in [1.29, 1.82) is 0 Å². The summed E-state index contributed by atoms with van der Waals surface area (Å²) in [5.41, 5.74) is 9.17. The van der Waals surface area contributed by atoms with Crippen LogP contribution in [0.3, 0.4) is 0 Å². The first-order valence-electron chi connectivity index (χ1n) is 13.6. The zero-order valence-electron chi connectivity index (χ0n) is 22.8. The van der Waals surface area contributed by atoms with Crippen molar-refractivity contribution >= 4 is 27.4 Å². The van der Waals surface area contributed by atoms with Crippen LogP contribution < -0.4 is 5.32 Å². The standard InChI is InChI=1S/C35H30FN5/c1-3-23(19-37-20-24-10-6-5-7-11-24)16-25(4-2)26-14-15-32-29(17-26)35(41-40-32)33-18-28-30(21-38-22-34(28)39-33)27-12-8-9-13-31(27)36/h3-18,21-22,37,39H,1,19-20H2,2H3,(H,40,41)/b23-16+,25-4+.